The molecule has 16 heavy (non-hydrogen) atoms. The predicted octanol–water partition coefficient (Wildman–Crippen LogP) is 2.55. The first-order valence-corrected chi connectivity index (χ1v) is 5.20. The van der Waals surface area contributed by atoms with E-state index >= 15 is 0 Å². The fraction of sp³-hybridized carbons (Fsp3) is 0.545. The van der Waals surface area contributed by atoms with Gasteiger partial charge in [-0.25, -0.2) is 0 Å². The van der Waals surface area contributed by atoms with Crippen molar-refractivity contribution in [2.24, 2.45) is 0 Å². The average molecular weight is 232 g/mol. The molecule has 0 fully saturated rings. The van der Waals surface area contributed by atoms with E-state index in [9.17, 15) is 13.2 Å². The van der Waals surface area contributed by atoms with E-state index in [2.05, 4.69) is 10.3 Å². The number of rotatable bonds is 5. The monoisotopic (exact) mass is 232 g/mol. The topological polar surface area (TPSA) is 24.9 Å². The highest BCUT2D eigenvalue weighted by molar-refractivity contribution is 5.10. The van der Waals surface area contributed by atoms with Crippen LogP contribution < -0.4 is 5.32 Å². The first-order valence-electron chi connectivity index (χ1n) is 5.20. The fourth-order valence-corrected chi connectivity index (χ4v) is 1.59. The summed E-state index contributed by atoms with van der Waals surface area (Å²) >= 11 is 0. The van der Waals surface area contributed by atoms with Crippen LogP contribution in [0.3, 0.4) is 0 Å². The van der Waals surface area contributed by atoms with Gasteiger partial charge in [-0.05, 0) is 24.6 Å². The van der Waals surface area contributed by atoms with Crippen molar-refractivity contribution in [3.63, 3.8) is 0 Å². The summed E-state index contributed by atoms with van der Waals surface area (Å²) in [5.41, 5.74) is 0.817. The average Bonchev–Trinajstić information content (AvgIpc) is 2.17. The number of pyridine rings is 1. The summed E-state index contributed by atoms with van der Waals surface area (Å²) in [5.74, 6) is 0. The van der Waals surface area contributed by atoms with Crippen molar-refractivity contribution in [3.05, 3.63) is 30.1 Å². The van der Waals surface area contributed by atoms with Gasteiger partial charge in [0, 0.05) is 18.4 Å². The molecular weight excluding hydrogens is 217 g/mol. The van der Waals surface area contributed by atoms with E-state index in [0.717, 1.165) is 5.56 Å². The Labute approximate surface area is 92.9 Å². The quantitative estimate of drug-likeness (QED) is 0.843. The van der Waals surface area contributed by atoms with Crippen LogP contribution in [0.1, 0.15) is 18.9 Å². The third-order valence-electron chi connectivity index (χ3n) is 2.18. The lowest BCUT2D eigenvalue weighted by atomic mass is 10.0. The number of likely N-dealkylation sites (N-methyl/N-ethyl adjacent to an activating group) is 1. The van der Waals surface area contributed by atoms with Gasteiger partial charge in [0.15, 0.2) is 0 Å². The molecule has 0 aliphatic rings. The van der Waals surface area contributed by atoms with Crippen molar-refractivity contribution in [2.45, 2.75) is 32.0 Å². The lowest BCUT2D eigenvalue weighted by Crippen LogP contribution is -2.35. The Balaban J connectivity index is 2.58. The van der Waals surface area contributed by atoms with E-state index in [-0.39, 0.29) is 0 Å². The van der Waals surface area contributed by atoms with Crippen LogP contribution in [0.4, 0.5) is 13.2 Å². The predicted molar refractivity (Wildman–Crippen MR) is 56.1 cm³/mol. The zero-order valence-corrected chi connectivity index (χ0v) is 9.09. The second kappa shape index (κ2) is 5.84. The molecule has 0 aliphatic heterocycles. The molecule has 1 aromatic rings. The highest BCUT2D eigenvalue weighted by Gasteiger charge is 2.31. The first kappa shape index (κ1) is 13.0. The number of nitrogens with one attached hydrogen (secondary N) is 1. The number of hydrogen-bond acceptors (Lipinski definition) is 2. The molecule has 5 heteroatoms. The molecule has 0 amide bonds. The smallest absolute Gasteiger partial charge is 0.314 e. The van der Waals surface area contributed by atoms with Gasteiger partial charge in [-0.2, -0.15) is 13.2 Å². The molecule has 1 aromatic heterocycles. The molecule has 0 saturated carbocycles. The van der Waals surface area contributed by atoms with Gasteiger partial charge < -0.3 is 5.32 Å². The zero-order chi connectivity index (χ0) is 12.0. The molecule has 1 unspecified atom stereocenters. The molecule has 1 heterocycles. The second-order valence-corrected chi connectivity index (χ2v) is 3.64. The highest BCUT2D eigenvalue weighted by Crippen LogP contribution is 2.22. The summed E-state index contributed by atoms with van der Waals surface area (Å²) in [6, 6.07) is 2.94. The zero-order valence-electron chi connectivity index (χ0n) is 9.09. The largest absolute Gasteiger partial charge is 0.390 e. The van der Waals surface area contributed by atoms with Crippen molar-refractivity contribution in [1.29, 1.82) is 0 Å². The van der Waals surface area contributed by atoms with Gasteiger partial charge in [0.1, 0.15) is 0 Å². The minimum absolute atomic E-state index is 0.348. The minimum atomic E-state index is -4.13. The number of alkyl halides is 3. The highest BCUT2D eigenvalue weighted by atomic mass is 19.4. The maximum atomic E-state index is 12.3. The summed E-state index contributed by atoms with van der Waals surface area (Å²) in [7, 11) is 0. The number of nitrogens with zero attached hydrogens (tertiary/aromatic N) is 1. The van der Waals surface area contributed by atoms with Crippen LogP contribution in [0.25, 0.3) is 0 Å². The van der Waals surface area contributed by atoms with E-state index in [4.69, 9.17) is 0 Å². The number of aromatic nitrogens is 1. The van der Waals surface area contributed by atoms with E-state index < -0.39 is 18.6 Å². The summed E-state index contributed by atoms with van der Waals surface area (Å²) in [4.78, 5) is 3.89. The van der Waals surface area contributed by atoms with Crippen molar-refractivity contribution in [3.8, 4) is 0 Å². The van der Waals surface area contributed by atoms with E-state index in [1.165, 1.54) is 0 Å². The van der Waals surface area contributed by atoms with E-state index in [1.54, 1.807) is 31.5 Å². The Bertz CT molecular complexity index is 298. The second-order valence-electron chi connectivity index (χ2n) is 3.64. The lowest BCUT2D eigenvalue weighted by Gasteiger charge is -2.19. The summed E-state index contributed by atoms with van der Waals surface area (Å²) in [6.45, 7) is 2.33. The third-order valence-corrected chi connectivity index (χ3v) is 2.18. The van der Waals surface area contributed by atoms with Crippen molar-refractivity contribution < 1.29 is 13.2 Å². The normalized spacial score (nSPS) is 13.8. The van der Waals surface area contributed by atoms with Gasteiger partial charge in [-0.3, -0.25) is 4.98 Å². The summed E-state index contributed by atoms with van der Waals surface area (Å²) in [6.07, 6.45) is -1.39. The Kier molecular flexibility index (Phi) is 4.73. The molecule has 1 N–H and O–H groups in total. The van der Waals surface area contributed by atoms with Gasteiger partial charge in [-0.15, -0.1) is 0 Å². The SMILES string of the molecule is CCNC(Cc1cccnc1)CC(F)(F)F. The molecule has 0 bridgehead atoms. The molecule has 0 radical (unpaired) electrons. The first-order chi connectivity index (χ1) is 7.51. The molecule has 0 saturated heterocycles. The Morgan fingerprint density at radius 3 is 2.69 bits per heavy atom. The molecule has 1 atom stereocenters. The van der Waals surface area contributed by atoms with Crippen LogP contribution in [0, 0.1) is 0 Å². The Morgan fingerprint density at radius 1 is 1.44 bits per heavy atom. The van der Waals surface area contributed by atoms with Gasteiger partial charge in [0.25, 0.3) is 0 Å². The van der Waals surface area contributed by atoms with Gasteiger partial charge in [0.05, 0.1) is 6.42 Å². The van der Waals surface area contributed by atoms with Crippen LogP contribution in [-0.2, 0) is 6.42 Å². The van der Waals surface area contributed by atoms with Crippen LogP contribution in [0.5, 0.6) is 0 Å². The van der Waals surface area contributed by atoms with Crippen LogP contribution in [-0.4, -0.2) is 23.7 Å². The minimum Gasteiger partial charge on any atom is -0.314 e. The van der Waals surface area contributed by atoms with E-state index in [0.29, 0.717) is 13.0 Å². The Morgan fingerprint density at radius 2 is 2.19 bits per heavy atom. The molecule has 1 rings (SSSR count). The molecule has 0 spiro atoms. The third kappa shape index (κ3) is 5.11. The maximum Gasteiger partial charge on any atom is 0.390 e. The maximum absolute atomic E-state index is 12.3. The summed E-state index contributed by atoms with van der Waals surface area (Å²) < 4.78 is 36.8. The molecule has 90 valence electrons. The van der Waals surface area contributed by atoms with Gasteiger partial charge in [0.2, 0.25) is 0 Å². The van der Waals surface area contributed by atoms with Gasteiger partial charge in [-0.1, -0.05) is 13.0 Å². The Hall–Kier alpha value is -1.10. The number of halogens is 3. The van der Waals surface area contributed by atoms with Crippen LogP contribution >= 0.6 is 0 Å². The van der Waals surface area contributed by atoms with Gasteiger partial charge >= 0.3 is 6.18 Å². The number of hydrogen-bond donors (Lipinski definition) is 1. The molecule has 2 nitrogen and oxygen atoms in total. The summed E-state index contributed by atoms with van der Waals surface area (Å²) in [5, 5.41) is 2.84. The van der Waals surface area contributed by atoms with Crippen molar-refractivity contribution >= 4 is 0 Å². The van der Waals surface area contributed by atoms with Crippen molar-refractivity contribution in [2.75, 3.05) is 6.54 Å². The molecule has 0 aliphatic carbocycles. The lowest BCUT2D eigenvalue weighted by molar-refractivity contribution is -0.139. The van der Waals surface area contributed by atoms with E-state index in [1.807, 2.05) is 0 Å². The molecular formula is C11H15F3N2. The fourth-order valence-electron chi connectivity index (χ4n) is 1.59. The van der Waals surface area contributed by atoms with Crippen LogP contribution in [0.2, 0.25) is 0 Å². The van der Waals surface area contributed by atoms with Crippen molar-refractivity contribution in [1.82, 2.24) is 10.3 Å². The standard InChI is InChI=1S/C11H15F3N2/c1-2-16-10(7-11(12,13)14)6-9-4-3-5-15-8-9/h3-5,8,10,16H,2,6-7H2,1H3. The van der Waals surface area contributed by atoms with Crippen LogP contribution in [0.15, 0.2) is 24.5 Å². The molecule has 0 aromatic carbocycles.